The van der Waals surface area contributed by atoms with Gasteiger partial charge in [-0.25, -0.2) is 0 Å². The Bertz CT molecular complexity index is 1460. The van der Waals surface area contributed by atoms with Gasteiger partial charge in [0.25, 0.3) is 0 Å². The highest BCUT2D eigenvalue weighted by Crippen LogP contribution is 2.73. The largest absolute Gasteiger partial charge is 0.487 e. The summed E-state index contributed by atoms with van der Waals surface area (Å²) in [7, 11) is 0. The minimum Gasteiger partial charge on any atom is -0.487 e. The molecule has 1 aliphatic heterocycles. The summed E-state index contributed by atoms with van der Waals surface area (Å²) in [5, 5.41) is 12.9. The smallest absolute Gasteiger partial charge is 0.161 e. The Labute approximate surface area is 294 Å². The van der Waals surface area contributed by atoms with E-state index in [0.29, 0.717) is 95.0 Å². The molecule has 49 heavy (non-hydrogen) atoms. The average Bonchev–Trinajstić information content (AvgIpc) is 3.10. The minimum atomic E-state index is 0.0207. The normalized spacial score (nSPS) is 37.8. The van der Waals surface area contributed by atoms with Gasteiger partial charge in [0.15, 0.2) is 11.5 Å². The van der Waals surface area contributed by atoms with Crippen molar-refractivity contribution in [3.8, 4) is 11.5 Å². The lowest BCUT2D eigenvalue weighted by Gasteiger charge is -2.70. The number of allylic oxidation sites excluding steroid dienone is 2. The molecule has 270 valence electrons. The Morgan fingerprint density at radius 1 is 0.755 bits per heavy atom. The van der Waals surface area contributed by atoms with Crippen LogP contribution in [-0.2, 0) is 18.9 Å². The van der Waals surface area contributed by atoms with Crippen LogP contribution in [0.25, 0.3) is 10.8 Å². The van der Waals surface area contributed by atoms with Crippen molar-refractivity contribution in [2.24, 2.45) is 51.8 Å². The van der Waals surface area contributed by atoms with Gasteiger partial charge < -0.3 is 33.5 Å². The van der Waals surface area contributed by atoms with Gasteiger partial charge in [-0.2, -0.15) is 0 Å². The number of ether oxygens (including phenoxy) is 6. The maximum atomic E-state index is 10.6. The first-order chi connectivity index (χ1) is 23.8. The van der Waals surface area contributed by atoms with Crippen LogP contribution in [0.3, 0.4) is 0 Å². The summed E-state index contributed by atoms with van der Waals surface area (Å²) in [6.07, 6.45) is 9.98. The van der Waals surface area contributed by atoms with E-state index in [1.54, 1.807) is 5.57 Å². The molecule has 1 N–H and O–H groups in total. The van der Waals surface area contributed by atoms with Crippen molar-refractivity contribution < 1.29 is 33.5 Å². The Morgan fingerprint density at radius 2 is 1.37 bits per heavy atom. The Kier molecular flexibility index (Phi) is 10.7. The van der Waals surface area contributed by atoms with Crippen LogP contribution in [0.5, 0.6) is 11.5 Å². The number of aliphatic hydroxyl groups excluding tert-OH is 1. The first-order valence-corrected chi connectivity index (χ1v) is 19.2. The third kappa shape index (κ3) is 6.68. The molecule has 2 bridgehead atoms. The molecule has 0 unspecified atom stereocenters. The zero-order valence-corrected chi connectivity index (χ0v) is 30.4. The fourth-order valence-electron chi connectivity index (χ4n) is 11.4. The van der Waals surface area contributed by atoms with Crippen LogP contribution >= 0.6 is 0 Å². The molecule has 8 rings (SSSR count). The SMILES string of the molecule is CC(C)C1=C[C@]23CC[C@H]4[C@](C)(CO)CCC[C@]4(C)[C@H]2C[C@H]1[C@H]1COCCOCCOc2cc4ccccc4cc2OCCOCCOC[C@H]13. The summed E-state index contributed by atoms with van der Waals surface area (Å²) >= 11 is 0. The number of fused-ring (bicyclic) bond motifs is 3. The van der Waals surface area contributed by atoms with Crippen LogP contribution in [-0.4, -0.2) is 77.8 Å². The molecule has 3 saturated carbocycles. The molecule has 0 saturated heterocycles. The van der Waals surface area contributed by atoms with Gasteiger partial charge in [-0.15, -0.1) is 0 Å². The van der Waals surface area contributed by atoms with Gasteiger partial charge in [0.1, 0.15) is 13.2 Å². The van der Waals surface area contributed by atoms with Crippen LogP contribution in [0.2, 0.25) is 0 Å². The monoisotopic (exact) mass is 676 g/mol. The highest BCUT2D eigenvalue weighted by Gasteiger charge is 2.67. The second kappa shape index (κ2) is 14.8. The lowest BCUT2D eigenvalue weighted by Crippen LogP contribution is -2.65. The fourth-order valence-corrected chi connectivity index (χ4v) is 11.4. The Balaban J connectivity index is 1.09. The number of aliphatic hydroxyl groups is 1. The highest BCUT2D eigenvalue weighted by molar-refractivity contribution is 5.86. The first kappa shape index (κ1) is 35.3. The predicted octanol–water partition coefficient (Wildman–Crippen LogP) is 7.73. The third-order valence-corrected chi connectivity index (χ3v) is 13.7. The standard InChI is InChI=1S/C42H60O7/c1-29(2)33-25-42-13-10-38-40(3,28-43)11-7-12-41(38,4)39(42)24-32(33)34-26-46-16-14-44-18-20-48-36-22-30-8-5-6-9-31(30)23-37(36)49-21-19-45-15-17-47-27-35(34)42/h5-6,8-9,22-23,25,29,32,34-35,38-39,43H,7,10-21,24,26-28H2,1-4H3/t32-,34-,35-,38+,39-,40+,41+,42+/m1/s1. The van der Waals surface area contributed by atoms with Gasteiger partial charge in [-0.3, -0.25) is 0 Å². The van der Waals surface area contributed by atoms with Crippen molar-refractivity contribution >= 4 is 10.8 Å². The van der Waals surface area contributed by atoms with Crippen molar-refractivity contribution in [1.29, 1.82) is 0 Å². The zero-order valence-electron chi connectivity index (χ0n) is 30.4. The topological polar surface area (TPSA) is 75.6 Å². The van der Waals surface area contributed by atoms with Gasteiger partial charge in [-0.05, 0) is 107 Å². The van der Waals surface area contributed by atoms with Crippen LogP contribution in [0.15, 0.2) is 48.0 Å². The van der Waals surface area contributed by atoms with E-state index in [2.05, 4.69) is 45.9 Å². The molecule has 3 fully saturated rings. The molecule has 5 aliphatic carbocycles. The van der Waals surface area contributed by atoms with Gasteiger partial charge in [0.2, 0.25) is 0 Å². The van der Waals surface area contributed by atoms with E-state index >= 15 is 0 Å². The average molecular weight is 677 g/mol. The molecule has 2 aromatic carbocycles. The van der Waals surface area contributed by atoms with Gasteiger partial charge in [-0.1, -0.05) is 70.0 Å². The van der Waals surface area contributed by atoms with Crippen LogP contribution < -0.4 is 9.47 Å². The Hall–Kier alpha value is -2.16. The molecule has 8 atom stereocenters. The van der Waals surface area contributed by atoms with E-state index in [1.165, 1.54) is 32.1 Å². The number of hydrogen-bond donors (Lipinski definition) is 1. The molecule has 1 spiro atoms. The maximum Gasteiger partial charge on any atom is 0.161 e. The first-order valence-electron chi connectivity index (χ1n) is 19.2. The highest BCUT2D eigenvalue weighted by atomic mass is 16.6. The van der Waals surface area contributed by atoms with E-state index in [0.717, 1.165) is 41.9 Å². The van der Waals surface area contributed by atoms with E-state index in [1.807, 2.05) is 24.3 Å². The summed E-state index contributed by atoms with van der Waals surface area (Å²) in [6, 6.07) is 12.3. The molecule has 0 amide bonds. The van der Waals surface area contributed by atoms with Gasteiger partial charge >= 0.3 is 0 Å². The van der Waals surface area contributed by atoms with Crippen molar-refractivity contribution in [1.82, 2.24) is 0 Å². The summed E-state index contributed by atoms with van der Waals surface area (Å²) in [5.41, 5.74) is 1.98. The molecule has 0 aromatic heterocycles. The predicted molar refractivity (Wildman–Crippen MR) is 192 cm³/mol. The van der Waals surface area contributed by atoms with Crippen LogP contribution in [0, 0.1) is 51.8 Å². The van der Waals surface area contributed by atoms with Gasteiger partial charge in [0.05, 0.1) is 52.9 Å². The minimum absolute atomic E-state index is 0.0207. The third-order valence-electron chi connectivity index (χ3n) is 13.7. The summed E-state index contributed by atoms with van der Waals surface area (Å²) in [4.78, 5) is 0. The van der Waals surface area contributed by atoms with Crippen LogP contribution in [0.4, 0.5) is 0 Å². The van der Waals surface area contributed by atoms with Gasteiger partial charge in [0, 0.05) is 6.61 Å². The van der Waals surface area contributed by atoms with E-state index in [9.17, 15) is 5.11 Å². The molecule has 0 radical (unpaired) electrons. The van der Waals surface area contributed by atoms with E-state index < -0.39 is 0 Å². The summed E-state index contributed by atoms with van der Waals surface area (Å²) in [5.74, 6) is 4.44. The van der Waals surface area contributed by atoms with Crippen molar-refractivity contribution in [2.45, 2.75) is 66.2 Å². The zero-order chi connectivity index (χ0) is 34.1. The molecule has 7 nitrogen and oxygen atoms in total. The van der Waals surface area contributed by atoms with Crippen molar-refractivity contribution in [3.63, 3.8) is 0 Å². The molecule has 6 aliphatic rings. The molecule has 7 heteroatoms. The van der Waals surface area contributed by atoms with Crippen molar-refractivity contribution in [3.05, 3.63) is 48.0 Å². The summed E-state index contributed by atoms with van der Waals surface area (Å²) in [6.45, 7) is 15.6. The van der Waals surface area contributed by atoms with Crippen LogP contribution in [0.1, 0.15) is 66.2 Å². The fraction of sp³-hybridized carbons (Fsp3) is 0.714. The second-order valence-corrected chi connectivity index (χ2v) is 16.6. The number of benzene rings is 2. The molecule has 2 aromatic rings. The van der Waals surface area contributed by atoms with E-state index in [4.69, 9.17) is 28.4 Å². The molecule has 1 heterocycles. The number of rotatable bonds is 2. The lowest BCUT2D eigenvalue weighted by molar-refractivity contribution is -0.204. The molecular formula is C42H60O7. The molecular weight excluding hydrogens is 616 g/mol. The quantitative estimate of drug-likeness (QED) is 0.327. The second-order valence-electron chi connectivity index (χ2n) is 16.6. The maximum absolute atomic E-state index is 10.6. The Morgan fingerprint density at radius 3 is 2.00 bits per heavy atom. The number of hydrogen-bond acceptors (Lipinski definition) is 7. The lowest BCUT2D eigenvalue weighted by atomic mass is 9.34. The van der Waals surface area contributed by atoms with Crippen molar-refractivity contribution in [2.75, 3.05) is 72.7 Å². The summed E-state index contributed by atoms with van der Waals surface area (Å²) < 4.78 is 37.4. The van der Waals surface area contributed by atoms with E-state index in [-0.39, 0.29) is 16.2 Å².